The minimum absolute atomic E-state index is 0.0915. The molecule has 118 valence electrons. The summed E-state index contributed by atoms with van der Waals surface area (Å²) in [6.45, 7) is 5.34. The Bertz CT molecular complexity index is 585. The number of carbonyl (C=O) groups excluding carboxylic acids is 2. The van der Waals surface area contributed by atoms with Crippen molar-refractivity contribution >= 4 is 17.9 Å². The molecule has 6 heteroatoms. The number of rotatable bonds is 5. The zero-order chi connectivity index (χ0) is 16.4. The van der Waals surface area contributed by atoms with Crippen LogP contribution in [0, 0.1) is 5.92 Å². The van der Waals surface area contributed by atoms with Crippen LogP contribution in [0.3, 0.4) is 0 Å². The number of benzene rings is 1. The average Bonchev–Trinajstić information content (AvgIpc) is 2.70. The van der Waals surface area contributed by atoms with E-state index in [9.17, 15) is 14.4 Å². The highest BCUT2D eigenvalue weighted by molar-refractivity contribution is 6.06. The normalized spacial score (nSPS) is 19.9. The molecule has 1 saturated heterocycles. The van der Waals surface area contributed by atoms with Crippen molar-refractivity contribution in [3.63, 3.8) is 0 Å². The molecule has 0 aromatic heterocycles. The predicted molar refractivity (Wildman–Crippen MR) is 80.0 cm³/mol. The molecule has 1 aromatic rings. The lowest BCUT2D eigenvalue weighted by atomic mass is 10.0. The molecule has 6 nitrogen and oxygen atoms in total. The van der Waals surface area contributed by atoms with Crippen molar-refractivity contribution in [2.75, 3.05) is 0 Å². The molecule has 0 bridgehead atoms. The number of carboxylic acid groups (broad SMARTS) is 1. The minimum atomic E-state index is -1.19. The second kappa shape index (κ2) is 6.17. The van der Waals surface area contributed by atoms with Gasteiger partial charge in [0.1, 0.15) is 12.1 Å². The highest BCUT2D eigenvalue weighted by Gasteiger charge is 2.49. The summed E-state index contributed by atoms with van der Waals surface area (Å²) >= 11 is 0. The van der Waals surface area contributed by atoms with E-state index in [1.807, 2.05) is 44.2 Å². The number of imide groups is 1. The van der Waals surface area contributed by atoms with Crippen LogP contribution < -0.4 is 0 Å². The van der Waals surface area contributed by atoms with Gasteiger partial charge in [-0.1, -0.05) is 44.2 Å². The van der Waals surface area contributed by atoms with E-state index < -0.39 is 30.0 Å². The summed E-state index contributed by atoms with van der Waals surface area (Å²) in [5.41, 5.74) is 0.902. The second-order valence-corrected chi connectivity index (χ2v) is 5.81. The summed E-state index contributed by atoms with van der Waals surface area (Å²) in [5, 5.41) is 9.11. The number of urea groups is 1. The lowest BCUT2D eigenvalue weighted by molar-refractivity contribution is -0.146. The van der Waals surface area contributed by atoms with Crippen LogP contribution in [-0.2, 0) is 16.1 Å². The van der Waals surface area contributed by atoms with Crippen molar-refractivity contribution in [2.24, 2.45) is 5.92 Å². The van der Waals surface area contributed by atoms with Crippen LogP contribution in [-0.4, -0.2) is 44.9 Å². The third-order valence-electron chi connectivity index (χ3n) is 3.85. The maximum absolute atomic E-state index is 12.5. The van der Waals surface area contributed by atoms with Crippen molar-refractivity contribution in [2.45, 2.75) is 39.4 Å². The first-order valence-corrected chi connectivity index (χ1v) is 7.25. The molecular formula is C16H20N2O4. The van der Waals surface area contributed by atoms with E-state index in [0.717, 1.165) is 10.5 Å². The van der Waals surface area contributed by atoms with E-state index in [1.165, 1.54) is 11.8 Å². The van der Waals surface area contributed by atoms with Gasteiger partial charge in [-0.15, -0.1) is 0 Å². The molecule has 0 radical (unpaired) electrons. The Balaban J connectivity index is 2.32. The van der Waals surface area contributed by atoms with Gasteiger partial charge in [0.2, 0.25) is 0 Å². The molecule has 1 heterocycles. The maximum atomic E-state index is 12.5. The van der Waals surface area contributed by atoms with Gasteiger partial charge in [0.15, 0.2) is 0 Å². The van der Waals surface area contributed by atoms with Gasteiger partial charge in [-0.25, -0.2) is 14.5 Å². The zero-order valence-electron chi connectivity index (χ0n) is 12.9. The number of hydrogen-bond donors (Lipinski definition) is 1. The molecule has 0 saturated carbocycles. The second-order valence-electron chi connectivity index (χ2n) is 5.81. The van der Waals surface area contributed by atoms with E-state index in [1.54, 1.807) is 0 Å². The minimum Gasteiger partial charge on any atom is -0.480 e. The fourth-order valence-corrected chi connectivity index (χ4v) is 2.69. The Morgan fingerprint density at radius 1 is 1.18 bits per heavy atom. The van der Waals surface area contributed by atoms with Gasteiger partial charge in [0.25, 0.3) is 5.91 Å². The average molecular weight is 304 g/mol. The first-order chi connectivity index (χ1) is 10.3. The molecule has 2 unspecified atom stereocenters. The fourth-order valence-electron chi connectivity index (χ4n) is 2.69. The van der Waals surface area contributed by atoms with Crippen molar-refractivity contribution in [1.29, 1.82) is 0 Å². The Labute approximate surface area is 129 Å². The summed E-state index contributed by atoms with van der Waals surface area (Å²) in [7, 11) is 0. The van der Waals surface area contributed by atoms with E-state index in [0.29, 0.717) is 0 Å². The summed E-state index contributed by atoms with van der Waals surface area (Å²) in [4.78, 5) is 38.5. The van der Waals surface area contributed by atoms with E-state index in [-0.39, 0.29) is 12.5 Å². The number of aliphatic carboxylic acids is 1. The first kappa shape index (κ1) is 16.0. The van der Waals surface area contributed by atoms with Crippen LogP contribution in [0.5, 0.6) is 0 Å². The predicted octanol–water partition coefficient (Wildman–Crippen LogP) is 1.95. The van der Waals surface area contributed by atoms with Crippen LogP contribution in [0.4, 0.5) is 4.79 Å². The highest BCUT2D eigenvalue weighted by Crippen LogP contribution is 2.27. The van der Waals surface area contributed by atoms with Gasteiger partial charge >= 0.3 is 12.0 Å². The molecular weight excluding hydrogens is 284 g/mol. The number of nitrogens with zero attached hydrogens (tertiary/aromatic N) is 2. The Hall–Kier alpha value is -2.37. The maximum Gasteiger partial charge on any atom is 0.328 e. The lowest BCUT2D eigenvalue weighted by Gasteiger charge is -2.24. The lowest BCUT2D eigenvalue weighted by Crippen LogP contribution is -2.44. The van der Waals surface area contributed by atoms with Gasteiger partial charge in [-0.2, -0.15) is 0 Å². The number of hydrogen-bond acceptors (Lipinski definition) is 3. The van der Waals surface area contributed by atoms with Gasteiger partial charge < -0.3 is 10.0 Å². The third-order valence-corrected chi connectivity index (χ3v) is 3.85. The van der Waals surface area contributed by atoms with E-state index >= 15 is 0 Å². The molecule has 3 amide bonds. The van der Waals surface area contributed by atoms with Crippen molar-refractivity contribution in [1.82, 2.24) is 9.80 Å². The quantitative estimate of drug-likeness (QED) is 0.843. The van der Waals surface area contributed by atoms with Gasteiger partial charge in [0, 0.05) is 6.54 Å². The van der Waals surface area contributed by atoms with Crippen LogP contribution in [0.1, 0.15) is 26.3 Å². The van der Waals surface area contributed by atoms with E-state index in [4.69, 9.17) is 5.11 Å². The summed E-state index contributed by atoms with van der Waals surface area (Å²) < 4.78 is 0. The molecule has 2 atom stereocenters. The number of carbonyl (C=O) groups is 3. The number of carboxylic acids is 1. The van der Waals surface area contributed by atoms with Crippen molar-refractivity contribution in [3.8, 4) is 0 Å². The van der Waals surface area contributed by atoms with Crippen LogP contribution in [0.25, 0.3) is 0 Å². The third kappa shape index (κ3) is 2.81. The molecule has 2 rings (SSSR count). The van der Waals surface area contributed by atoms with Crippen LogP contribution in [0.15, 0.2) is 30.3 Å². The molecule has 1 fully saturated rings. The Morgan fingerprint density at radius 3 is 2.27 bits per heavy atom. The molecule has 1 aliphatic rings. The van der Waals surface area contributed by atoms with Gasteiger partial charge in [-0.05, 0) is 18.4 Å². The summed E-state index contributed by atoms with van der Waals surface area (Å²) in [6.07, 6.45) is 0. The molecule has 0 aliphatic carbocycles. The molecule has 1 N–H and O–H groups in total. The highest BCUT2D eigenvalue weighted by atomic mass is 16.4. The van der Waals surface area contributed by atoms with Crippen molar-refractivity contribution < 1.29 is 19.5 Å². The Kier molecular flexibility index (Phi) is 4.49. The Morgan fingerprint density at radius 2 is 1.77 bits per heavy atom. The molecule has 22 heavy (non-hydrogen) atoms. The number of amides is 3. The SMILES string of the molecule is CC(C)C1C(=O)N(C(C)C(=O)O)C(=O)N1Cc1ccccc1. The molecule has 0 spiro atoms. The zero-order valence-corrected chi connectivity index (χ0v) is 12.9. The van der Waals surface area contributed by atoms with Gasteiger partial charge in [0.05, 0.1) is 0 Å². The first-order valence-electron chi connectivity index (χ1n) is 7.25. The summed E-state index contributed by atoms with van der Waals surface area (Å²) in [6, 6.07) is 7.01. The molecule has 1 aromatic carbocycles. The van der Waals surface area contributed by atoms with Gasteiger partial charge in [-0.3, -0.25) is 4.79 Å². The van der Waals surface area contributed by atoms with Crippen molar-refractivity contribution in [3.05, 3.63) is 35.9 Å². The topological polar surface area (TPSA) is 77.9 Å². The molecule has 1 aliphatic heterocycles. The van der Waals surface area contributed by atoms with E-state index in [2.05, 4.69) is 0 Å². The smallest absolute Gasteiger partial charge is 0.328 e. The van der Waals surface area contributed by atoms with Crippen LogP contribution in [0.2, 0.25) is 0 Å². The largest absolute Gasteiger partial charge is 0.480 e. The van der Waals surface area contributed by atoms with Crippen LogP contribution >= 0.6 is 0 Å². The fraction of sp³-hybridized carbons (Fsp3) is 0.438. The summed E-state index contributed by atoms with van der Waals surface area (Å²) in [5.74, 6) is -1.72. The monoisotopic (exact) mass is 304 g/mol. The standard InChI is InChI=1S/C16H20N2O4/c1-10(2)13-14(19)18(11(3)15(20)21)16(22)17(13)9-12-7-5-4-6-8-12/h4-8,10-11,13H,9H2,1-3H3,(H,20,21).